The maximum absolute atomic E-state index is 9.63. The molecule has 0 aromatic heterocycles. The molecular formula is C13H17Br2NO2. The first-order valence-corrected chi connectivity index (χ1v) is 7.65. The molecule has 5 heteroatoms. The van der Waals surface area contributed by atoms with Crippen LogP contribution in [0.15, 0.2) is 21.1 Å². The van der Waals surface area contributed by atoms with Crippen LogP contribution in [0, 0.1) is 5.92 Å². The third-order valence-corrected chi connectivity index (χ3v) is 4.55. The molecule has 2 rings (SSSR count). The lowest BCUT2D eigenvalue weighted by molar-refractivity contribution is 0.105. The Morgan fingerprint density at radius 2 is 2.06 bits per heavy atom. The minimum Gasteiger partial charge on any atom is -0.506 e. The molecule has 3 nitrogen and oxygen atoms in total. The molecule has 0 saturated carbocycles. The van der Waals surface area contributed by atoms with Crippen LogP contribution in [0.2, 0.25) is 0 Å². The topological polar surface area (TPSA) is 41.5 Å². The third kappa shape index (κ3) is 3.47. The van der Waals surface area contributed by atoms with Gasteiger partial charge in [-0.15, -0.1) is 0 Å². The molecule has 2 atom stereocenters. The van der Waals surface area contributed by atoms with E-state index in [0.29, 0.717) is 21.0 Å². The summed E-state index contributed by atoms with van der Waals surface area (Å²) in [5, 5.41) is 13.1. The number of hydrogen-bond acceptors (Lipinski definition) is 3. The summed E-state index contributed by atoms with van der Waals surface area (Å²) in [7, 11) is 0. The molecule has 1 aliphatic rings. The second-order valence-corrected chi connectivity index (χ2v) is 6.37. The van der Waals surface area contributed by atoms with Crippen LogP contribution in [-0.2, 0) is 11.3 Å². The highest BCUT2D eigenvalue weighted by Gasteiger charge is 2.23. The Bertz CT molecular complexity index is 402. The van der Waals surface area contributed by atoms with Crippen molar-refractivity contribution in [2.24, 2.45) is 5.92 Å². The van der Waals surface area contributed by atoms with Gasteiger partial charge in [0.15, 0.2) is 0 Å². The van der Waals surface area contributed by atoms with Gasteiger partial charge in [0.1, 0.15) is 5.75 Å². The van der Waals surface area contributed by atoms with E-state index < -0.39 is 0 Å². The smallest absolute Gasteiger partial charge is 0.143 e. The normalized spacial score (nSPS) is 23.5. The lowest BCUT2D eigenvalue weighted by Gasteiger charge is -2.15. The van der Waals surface area contributed by atoms with Crippen LogP contribution in [0.1, 0.15) is 18.9 Å². The molecule has 100 valence electrons. The highest BCUT2D eigenvalue weighted by atomic mass is 79.9. The minimum atomic E-state index is 0.247. The SMILES string of the molecule is CC1OCCC1CNCc1cc(Br)c(O)c(Br)c1. The standard InChI is InChI=1S/C13H17Br2NO2/c1-8-10(2-3-18-8)7-16-6-9-4-11(14)13(17)12(15)5-9/h4-5,8,10,16-17H,2-3,6-7H2,1H3. The number of phenols is 1. The largest absolute Gasteiger partial charge is 0.506 e. The van der Waals surface area contributed by atoms with Crippen LogP contribution in [0.3, 0.4) is 0 Å². The van der Waals surface area contributed by atoms with Gasteiger partial charge >= 0.3 is 0 Å². The summed E-state index contributed by atoms with van der Waals surface area (Å²) in [6.45, 7) is 4.77. The fraction of sp³-hybridized carbons (Fsp3) is 0.538. The Hall–Kier alpha value is -0.100. The van der Waals surface area contributed by atoms with Crippen molar-refractivity contribution in [1.82, 2.24) is 5.32 Å². The summed E-state index contributed by atoms with van der Waals surface area (Å²) >= 11 is 6.67. The highest BCUT2D eigenvalue weighted by Crippen LogP contribution is 2.33. The fourth-order valence-corrected chi connectivity index (χ4v) is 3.45. The van der Waals surface area contributed by atoms with Crippen molar-refractivity contribution in [2.75, 3.05) is 13.2 Å². The summed E-state index contributed by atoms with van der Waals surface area (Å²) < 4.78 is 6.96. The highest BCUT2D eigenvalue weighted by molar-refractivity contribution is 9.11. The molecule has 1 aromatic rings. The molecule has 1 heterocycles. The molecule has 1 aliphatic heterocycles. The van der Waals surface area contributed by atoms with Crippen molar-refractivity contribution in [3.05, 3.63) is 26.6 Å². The Labute approximate surface area is 124 Å². The van der Waals surface area contributed by atoms with Gasteiger partial charge in [-0.1, -0.05) is 0 Å². The predicted octanol–water partition coefficient (Wildman–Crippen LogP) is 3.43. The van der Waals surface area contributed by atoms with Gasteiger partial charge in [-0.3, -0.25) is 0 Å². The van der Waals surface area contributed by atoms with Crippen molar-refractivity contribution in [3.63, 3.8) is 0 Å². The zero-order valence-corrected chi connectivity index (χ0v) is 13.4. The number of rotatable bonds is 4. The summed E-state index contributed by atoms with van der Waals surface area (Å²) in [6.07, 6.45) is 1.49. The van der Waals surface area contributed by atoms with Gasteiger partial charge in [-0.05, 0) is 68.8 Å². The van der Waals surface area contributed by atoms with Crippen molar-refractivity contribution >= 4 is 31.9 Å². The van der Waals surface area contributed by atoms with Crippen LogP contribution in [0.25, 0.3) is 0 Å². The molecule has 2 N–H and O–H groups in total. The van der Waals surface area contributed by atoms with Crippen LogP contribution >= 0.6 is 31.9 Å². The maximum Gasteiger partial charge on any atom is 0.143 e. The van der Waals surface area contributed by atoms with Gasteiger partial charge in [0.25, 0.3) is 0 Å². The Kier molecular flexibility index (Phi) is 5.06. The summed E-state index contributed by atoms with van der Waals surface area (Å²) in [5.74, 6) is 0.852. The number of nitrogens with one attached hydrogen (secondary N) is 1. The Balaban J connectivity index is 1.87. The first kappa shape index (κ1) is 14.3. The van der Waals surface area contributed by atoms with E-state index in [4.69, 9.17) is 4.74 Å². The summed E-state index contributed by atoms with van der Waals surface area (Å²) in [6, 6.07) is 3.86. The number of hydrogen-bond donors (Lipinski definition) is 2. The van der Waals surface area contributed by atoms with E-state index in [1.54, 1.807) is 0 Å². The quantitative estimate of drug-likeness (QED) is 0.843. The van der Waals surface area contributed by atoms with E-state index in [2.05, 4.69) is 44.1 Å². The van der Waals surface area contributed by atoms with E-state index in [0.717, 1.165) is 31.7 Å². The van der Waals surface area contributed by atoms with Gasteiger partial charge in [0.05, 0.1) is 15.0 Å². The maximum atomic E-state index is 9.63. The molecular weight excluding hydrogens is 362 g/mol. The van der Waals surface area contributed by atoms with Gasteiger partial charge in [0.2, 0.25) is 0 Å². The Morgan fingerprint density at radius 3 is 2.61 bits per heavy atom. The van der Waals surface area contributed by atoms with Gasteiger partial charge in [0, 0.05) is 19.7 Å². The molecule has 18 heavy (non-hydrogen) atoms. The molecule has 0 aliphatic carbocycles. The van der Waals surface area contributed by atoms with Gasteiger partial charge in [-0.2, -0.15) is 0 Å². The summed E-state index contributed by atoms with van der Waals surface area (Å²) in [4.78, 5) is 0. The lowest BCUT2D eigenvalue weighted by atomic mass is 10.0. The number of phenolic OH excluding ortho intramolecular Hbond substituents is 1. The number of halogens is 2. The average molecular weight is 379 g/mol. The van der Waals surface area contributed by atoms with Crippen molar-refractivity contribution < 1.29 is 9.84 Å². The van der Waals surface area contributed by atoms with Crippen molar-refractivity contribution in [2.45, 2.75) is 26.0 Å². The van der Waals surface area contributed by atoms with Crippen molar-refractivity contribution in [3.8, 4) is 5.75 Å². The van der Waals surface area contributed by atoms with E-state index in [1.165, 1.54) is 0 Å². The van der Waals surface area contributed by atoms with Crippen LogP contribution < -0.4 is 5.32 Å². The molecule has 0 spiro atoms. The van der Waals surface area contributed by atoms with Crippen LogP contribution in [0.4, 0.5) is 0 Å². The van der Waals surface area contributed by atoms with E-state index >= 15 is 0 Å². The van der Waals surface area contributed by atoms with Crippen molar-refractivity contribution in [1.29, 1.82) is 0 Å². The van der Waals surface area contributed by atoms with Crippen LogP contribution in [-0.4, -0.2) is 24.4 Å². The number of ether oxygens (including phenoxy) is 1. The fourth-order valence-electron chi connectivity index (χ4n) is 2.17. The Morgan fingerprint density at radius 1 is 1.39 bits per heavy atom. The van der Waals surface area contributed by atoms with Gasteiger partial charge in [-0.25, -0.2) is 0 Å². The molecule has 0 amide bonds. The average Bonchev–Trinajstić information content (AvgIpc) is 2.72. The first-order valence-electron chi connectivity index (χ1n) is 6.07. The van der Waals surface area contributed by atoms with E-state index in [1.807, 2.05) is 12.1 Å². The minimum absolute atomic E-state index is 0.247. The number of benzene rings is 1. The van der Waals surface area contributed by atoms with E-state index in [-0.39, 0.29) is 5.75 Å². The molecule has 0 bridgehead atoms. The van der Waals surface area contributed by atoms with Gasteiger partial charge < -0.3 is 15.2 Å². The lowest BCUT2D eigenvalue weighted by Crippen LogP contribution is -2.26. The zero-order chi connectivity index (χ0) is 13.1. The van der Waals surface area contributed by atoms with E-state index in [9.17, 15) is 5.11 Å². The number of aromatic hydroxyl groups is 1. The molecule has 0 radical (unpaired) electrons. The molecule has 1 fully saturated rings. The summed E-state index contributed by atoms with van der Waals surface area (Å²) in [5.41, 5.74) is 1.14. The zero-order valence-electron chi connectivity index (χ0n) is 10.2. The first-order chi connectivity index (χ1) is 8.58. The second-order valence-electron chi connectivity index (χ2n) is 4.66. The molecule has 1 aromatic carbocycles. The second kappa shape index (κ2) is 6.37. The van der Waals surface area contributed by atoms with Crippen LogP contribution in [0.5, 0.6) is 5.75 Å². The third-order valence-electron chi connectivity index (χ3n) is 3.35. The molecule has 1 saturated heterocycles. The predicted molar refractivity (Wildman–Crippen MR) is 78.7 cm³/mol. The molecule has 2 unspecified atom stereocenters. The monoisotopic (exact) mass is 377 g/mol.